The van der Waals surface area contributed by atoms with Crippen molar-refractivity contribution >= 4 is 45.7 Å². The third-order valence-corrected chi connectivity index (χ3v) is 6.84. The van der Waals surface area contributed by atoms with Gasteiger partial charge in [0, 0.05) is 5.92 Å². The van der Waals surface area contributed by atoms with E-state index in [1.807, 2.05) is 31.2 Å². The number of carbonyl (C=O) groups is 1. The number of hydrogen-bond acceptors (Lipinski definition) is 7. The van der Waals surface area contributed by atoms with Crippen molar-refractivity contribution in [3.63, 3.8) is 0 Å². The molecule has 1 saturated carbocycles. The number of halogens is 1. The van der Waals surface area contributed by atoms with E-state index in [9.17, 15) is 9.59 Å². The minimum Gasteiger partial charge on any atom is -0.490 e. The first-order valence-corrected chi connectivity index (χ1v) is 13.4. The molecule has 0 unspecified atom stereocenters. The second kappa shape index (κ2) is 12.3. The van der Waals surface area contributed by atoms with E-state index in [-0.39, 0.29) is 18.1 Å². The fourth-order valence-corrected chi connectivity index (χ4v) is 5.18. The highest BCUT2D eigenvalue weighted by Gasteiger charge is 2.22. The van der Waals surface area contributed by atoms with Gasteiger partial charge in [-0.15, -0.1) is 0 Å². The maximum Gasteiger partial charge on any atom is 0.344 e. The lowest BCUT2D eigenvalue weighted by molar-refractivity contribution is -0.145. The van der Waals surface area contributed by atoms with Gasteiger partial charge in [-0.05, 0) is 79.1 Å². The molecule has 3 aromatic rings. The van der Waals surface area contributed by atoms with Crippen molar-refractivity contribution in [2.24, 2.45) is 5.10 Å². The van der Waals surface area contributed by atoms with Crippen LogP contribution in [-0.2, 0) is 9.53 Å². The summed E-state index contributed by atoms with van der Waals surface area (Å²) in [5.74, 6) is 1.43. The number of rotatable bonds is 9. The highest BCUT2D eigenvalue weighted by Crippen LogP contribution is 2.34. The Morgan fingerprint density at radius 1 is 1.14 bits per heavy atom. The average molecular weight is 603 g/mol. The zero-order valence-electron chi connectivity index (χ0n) is 20.5. The Morgan fingerprint density at radius 2 is 1.92 bits per heavy atom. The Bertz CT molecular complexity index is 1310. The van der Waals surface area contributed by atoms with Crippen molar-refractivity contribution < 1.29 is 19.0 Å². The molecule has 0 aliphatic heterocycles. The maximum absolute atomic E-state index is 13.4. The number of esters is 1. The molecule has 0 bridgehead atoms. The lowest BCUT2D eigenvalue weighted by Crippen LogP contribution is -2.25. The van der Waals surface area contributed by atoms with Crippen molar-refractivity contribution in [2.75, 3.05) is 19.8 Å². The van der Waals surface area contributed by atoms with Gasteiger partial charge in [-0.25, -0.2) is 9.78 Å². The molecule has 4 rings (SSSR count). The number of fused-ring (bicyclic) bond motifs is 1. The summed E-state index contributed by atoms with van der Waals surface area (Å²) >= 11 is 2.13. The average Bonchev–Trinajstić information content (AvgIpc) is 2.88. The standard InChI is InChI=1S/C27H30IN3O5/c1-3-34-23-15-18(14-21(28)25(23)36-17-24(32)35-4-2)16-29-31-26(19-10-6-5-7-11-19)30-22-13-9-8-12-20(22)27(31)33/h8-9,12-16,19H,3-7,10-11,17H2,1-2H3. The van der Waals surface area contributed by atoms with Gasteiger partial charge in [0.05, 0.1) is 33.9 Å². The monoisotopic (exact) mass is 603 g/mol. The molecule has 0 radical (unpaired) electrons. The molecule has 0 saturated heterocycles. The fraction of sp³-hybridized carbons (Fsp3) is 0.407. The molecular formula is C27H30IN3O5. The third kappa shape index (κ3) is 6.05. The van der Waals surface area contributed by atoms with E-state index in [0.29, 0.717) is 41.4 Å². The zero-order chi connectivity index (χ0) is 25.5. The largest absolute Gasteiger partial charge is 0.490 e. The molecule has 0 N–H and O–H groups in total. The predicted molar refractivity (Wildman–Crippen MR) is 147 cm³/mol. The molecule has 8 nitrogen and oxygen atoms in total. The van der Waals surface area contributed by atoms with Crippen LogP contribution in [0.2, 0.25) is 0 Å². The van der Waals surface area contributed by atoms with Crippen LogP contribution >= 0.6 is 22.6 Å². The molecule has 0 amide bonds. The Balaban J connectivity index is 1.71. The zero-order valence-corrected chi connectivity index (χ0v) is 22.7. The first-order chi connectivity index (χ1) is 17.5. The van der Waals surface area contributed by atoms with Crippen LogP contribution in [0.25, 0.3) is 10.9 Å². The van der Waals surface area contributed by atoms with E-state index in [1.54, 1.807) is 25.3 Å². The van der Waals surface area contributed by atoms with Gasteiger partial charge < -0.3 is 14.2 Å². The van der Waals surface area contributed by atoms with Gasteiger partial charge >= 0.3 is 5.97 Å². The number of hydrogen-bond donors (Lipinski definition) is 0. The summed E-state index contributed by atoms with van der Waals surface area (Å²) in [7, 11) is 0. The maximum atomic E-state index is 13.4. The van der Waals surface area contributed by atoms with Gasteiger partial charge in [0.15, 0.2) is 18.1 Å². The summed E-state index contributed by atoms with van der Waals surface area (Å²) in [6.07, 6.45) is 7.10. The van der Waals surface area contributed by atoms with Gasteiger partial charge in [0.1, 0.15) is 5.82 Å². The topological polar surface area (TPSA) is 92.0 Å². The summed E-state index contributed by atoms with van der Waals surface area (Å²) in [6, 6.07) is 11.1. The van der Waals surface area contributed by atoms with Crippen LogP contribution in [0.4, 0.5) is 0 Å². The second-order valence-corrected chi connectivity index (χ2v) is 9.70. The van der Waals surface area contributed by atoms with Crippen molar-refractivity contribution in [2.45, 2.75) is 51.9 Å². The van der Waals surface area contributed by atoms with Crippen molar-refractivity contribution in [1.82, 2.24) is 9.66 Å². The van der Waals surface area contributed by atoms with E-state index in [0.717, 1.165) is 34.8 Å². The molecule has 36 heavy (non-hydrogen) atoms. The van der Waals surface area contributed by atoms with Gasteiger partial charge in [-0.3, -0.25) is 4.79 Å². The van der Waals surface area contributed by atoms with E-state index in [2.05, 4.69) is 27.7 Å². The van der Waals surface area contributed by atoms with Crippen LogP contribution in [0.15, 0.2) is 46.3 Å². The fourth-order valence-electron chi connectivity index (χ4n) is 4.40. The number of aromatic nitrogens is 2. The molecule has 9 heteroatoms. The minimum atomic E-state index is -0.445. The lowest BCUT2D eigenvalue weighted by atomic mass is 9.88. The Kier molecular flexibility index (Phi) is 8.95. The van der Waals surface area contributed by atoms with E-state index in [1.165, 1.54) is 11.1 Å². The molecule has 1 heterocycles. The molecule has 1 aliphatic carbocycles. The van der Waals surface area contributed by atoms with E-state index in [4.69, 9.17) is 19.2 Å². The van der Waals surface area contributed by atoms with Crippen LogP contribution in [0.3, 0.4) is 0 Å². The van der Waals surface area contributed by atoms with Gasteiger partial charge in [-0.2, -0.15) is 9.78 Å². The Hall–Kier alpha value is -2.95. The van der Waals surface area contributed by atoms with Crippen LogP contribution in [0, 0.1) is 3.57 Å². The molecule has 190 valence electrons. The van der Waals surface area contributed by atoms with Gasteiger partial charge in [0.25, 0.3) is 5.56 Å². The molecule has 1 aliphatic rings. The number of carbonyl (C=O) groups excluding carboxylic acids is 1. The molecule has 0 spiro atoms. The number of ether oxygens (including phenoxy) is 3. The summed E-state index contributed by atoms with van der Waals surface area (Å²) in [6.45, 7) is 4.13. The highest BCUT2D eigenvalue weighted by atomic mass is 127. The summed E-state index contributed by atoms with van der Waals surface area (Å²) in [5.41, 5.74) is 1.26. The first kappa shape index (κ1) is 26.1. The quantitative estimate of drug-likeness (QED) is 0.188. The minimum absolute atomic E-state index is 0.174. The second-order valence-electron chi connectivity index (χ2n) is 8.54. The van der Waals surface area contributed by atoms with Crippen LogP contribution in [0.1, 0.15) is 63.3 Å². The summed E-state index contributed by atoms with van der Waals surface area (Å²) < 4.78 is 18.6. The van der Waals surface area contributed by atoms with Crippen LogP contribution in [0.5, 0.6) is 11.5 Å². The summed E-state index contributed by atoms with van der Waals surface area (Å²) in [4.78, 5) is 30.1. The lowest BCUT2D eigenvalue weighted by Gasteiger charge is -2.22. The Morgan fingerprint density at radius 3 is 2.67 bits per heavy atom. The van der Waals surface area contributed by atoms with E-state index < -0.39 is 5.97 Å². The molecule has 1 aromatic heterocycles. The van der Waals surface area contributed by atoms with Crippen molar-refractivity contribution in [1.29, 1.82) is 0 Å². The normalized spacial score (nSPS) is 14.3. The number of nitrogens with zero attached hydrogens (tertiary/aromatic N) is 3. The number of benzene rings is 2. The van der Waals surface area contributed by atoms with Gasteiger partial charge in [-0.1, -0.05) is 31.4 Å². The SMILES string of the molecule is CCOC(=O)COc1c(I)cc(C=Nn2c(C3CCCCC3)nc3ccccc3c2=O)cc1OCC. The molecule has 2 aromatic carbocycles. The molecular weight excluding hydrogens is 573 g/mol. The smallest absolute Gasteiger partial charge is 0.344 e. The van der Waals surface area contributed by atoms with Crippen molar-refractivity contribution in [3.05, 3.63) is 61.7 Å². The van der Waals surface area contributed by atoms with Crippen LogP contribution in [-0.4, -0.2) is 41.7 Å². The first-order valence-electron chi connectivity index (χ1n) is 12.3. The van der Waals surface area contributed by atoms with Crippen LogP contribution < -0.4 is 15.0 Å². The predicted octanol–water partition coefficient (Wildman–Crippen LogP) is 5.27. The van der Waals surface area contributed by atoms with Gasteiger partial charge in [0.2, 0.25) is 0 Å². The highest BCUT2D eigenvalue weighted by molar-refractivity contribution is 14.1. The summed E-state index contributed by atoms with van der Waals surface area (Å²) in [5, 5.41) is 5.16. The van der Waals surface area contributed by atoms with E-state index >= 15 is 0 Å². The van der Waals surface area contributed by atoms with Crippen molar-refractivity contribution in [3.8, 4) is 11.5 Å². The Labute approximate surface area is 223 Å². The third-order valence-electron chi connectivity index (χ3n) is 6.04. The number of para-hydroxylation sites is 1. The molecule has 1 fully saturated rings. The molecule has 0 atom stereocenters.